The number of amides is 1. The number of hydrogen-bond acceptors (Lipinski definition) is 2. The minimum Gasteiger partial charge on any atom is -0.338 e. The van der Waals surface area contributed by atoms with Crippen molar-refractivity contribution in [3.05, 3.63) is 34.2 Å². The molecule has 0 bridgehead atoms. The number of nitrogens with zero attached hydrogens (tertiary/aromatic N) is 2. The summed E-state index contributed by atoms with van der Waals surface area (Å²) < 4.78 is 1.45. The molecule has 2 heterocycles. The first-order valence-electron chi connectivity index (χ1n) is 6.43. The highest BCUT2D eigenvalue weighted by Crippen LogP contribution is 2.22. The minimum atomic E-state index is -0.0908. The number of aromatic nitrogens is 1. The molecule has 0 aromatic carbocycles. The Morgan fingerprint density at radius 2 is 1.83 bits per heavy atom. The monoisotopic (exact) mass is 248 g/mol. The second-order valence-corrected chi connectivity index (χ2v) is 5.52. The Hall–Kier alpha value is -1.58. The van der Waals surface area contributed by atoms with Gasteiger partial charge in [0.15, 0.2) is 0 Å². The molecule has 1 saturated heterocycles. The molecular weight excluding hydrogens is 228 g/mol. The van der Waals surface area contributed by atoms with E-state index in [2.05, 4.69) is 13.8 Å². The largest absolute Gasteiger partial charge is 0.338 e. The van der Waals surface area contributed by atoms with Gasteiger partial charge in [0.25, 0.3) is 5.91 Å². The summed E-state index contributed by atoms with van der Waals surface area (Å²) in [6.07, 6.45) is 2.80. The van der Waals surface area contributed by atoms with Crippen LogP contribution in [-0.2, 0) is 7.05 Å². The van der Waals surface area contributed by atoms with Crippen molar-refractivity contribution in [2.45, 2.75) is 20.3 Å². The Bertz CT molecular complexity index is 497. The Morgan fingerprint density at radius 1 is 1.22 bits per heavy atom. The molecule has 1 amide bonds. The summed E-state index contributed by atoms with van der Waals surface area (Å²) in [4.78, 5) is 25.6. The first-order chi connectivity index (χ1) is 8.47. The van der Waals surface area contributed by atoms with Gasteiger partial charge >= 0.3 is 0 Å². The van der Waals surface area contributed by atoms with Gasteiger partial charge in [-0.25, -0.2) is 0 Å². The lowest BCUT2D eigenvalue weighted by Crippen LogP contribution is -2.42. The van der Waals surface area contributed by atoms with Gasteiger partial charge in [-0.3, -0.25) is 9.59 Å². The standard InChI is InChI=1S/C14H20N2O2/c1-10-6-11(2)8-16(7-10)14(18)12-4-5-13(17)15(3)9-12/h4-5,9-11H,6-8H2,1-3H3. The van der Waals surface area contributed by atoms with Crippen molar-refractivity contribution >= 4 is 5.91 Å². The number of carbonyl (C=O) groups is 1. The molecule has 0 N–H and O–H groups in total. The number of hydrogen-bond donors (Lipinski definition) is 0. The SMILES string of the molecule is CC1CC(C)CN(C(=O)c2ccc(=O)n(C)c2)C1. The van der Waals surface area contributed by atoms with Gasteiger partial charge in [0.05, 0.1) is 5.56 Å². The van der Waals surface area contributed by atoms with E-state index in [-0.39, 0.29) is 11.5 Å². The van der Waals surface area contributed by atoms with Gasteiger partial charge < -0.3 is 9.47 Å². The van der Waals surface area contributed by atoms with Gasteiger partial charge in [0, 0.05) is 32.4 Å². The number of rotatable bonds is 1. The van der Waals surface area contributed by atoms with Crippen molar-refractivity contribution in [1.82, 2.24) is 9.47 Å². The van der Waals surface area contributed by atoms with Gasteiger partial charge in [-0.05, 0) is 24.3 Å². The molecule has 2 unspecified atom stereocenters. The molecule has 1 aromatic heterocycles. The predicted octanol–water partition coefficient (Wildman–Crippen LogP) is 1.50. The van der Waals surface area contributed by atoms with Crippen LogP contribution in [0, 0.1) is 11.8 Å². The maximum atomic E-state index is 12.4. The van der Waals surface area contributed by atoms with Crippen molar-refractivity contribution < 1.29 is 4.79 Å². The van der Waals surface area contributed by atoms with Crippen molar-refractivity contribution in [3.8, 4) is 0 Å². The summed E-state index contributed by atoms with van der Waals surface area (Å²) in [7, 11) is 1.67. The summed E-state index contributed by atoms with van der Waals surface area (Å²) in [6.45, 7) is 5.98. The van der Waals surface area contributed by atoms with Gasteiger partial charge in [-0.15, -0.1) is 0 Å². The molecule has 2 rings (SSSR count). The fourth-order valence-electron chi connectivity index (χ4n) is 2.73. The third-order valence-corrected chi connectivity index (χ3v) is 3.49. The van der Waals surface area contributed by atoms with E-state index in [1.807, 2.05) is 4.90 Å². The minimum absolute atomic E-state index is 0.0315. The molecule has 0 spiro atoms. The molecule has 0 radical (unpaired) electrons. The molecular formula is C14H20N2O2. The molecule has 0 saturated carbocycles. The molecule has 2 atom stereocenters. The normalized spacial score (nSPS) is 24.1. The highest BCUT2D eigenvalue weighted by Gasteiger charge is 2.26. The number of likely N-dealkylation sites (tertiary alicyclic amines) is 1. The maximum absolute atomic E-state index is 12.4. The van der Waals surface area contributed by atoms with E-state index in [9.17, 15) is 9.59 Å². The highest BCUT2D eigenvalue weighted by molar-refractivity contribution is 5.94. The van der Waals surface area contributed by atoms with E-state index in [1.165, 1.54) is 17.1 Å². The van der Waals surface area contributed by atoms with E-state index in [0.717, 1.165) is 13.1 Å². The van der Waals surface area contributed by atoms with Crippen LogP contribution in [0.15, 0.2) is 23.1 Å². The molecule has 1 aliphatic rings. The van der Waals surface area contributed by atoms with Crippen molar-refractivity contribution in [2.75, 3.05) is 13.1 Å². The van der Waals surface area contributed by atoms with E-state index in [0.29, 0.717) is 17.4 Å². The van der Waals surface area contributed by atoms with E-state index in [4.69, 9.17) is 0 Å². The summed E-state index contributed by atoms with van der Waals surface area (Å²) in [6, 6.07) is 3.07. The number of piperidine rings is 1. The van der Waals surface area contributed by atoms with Crippen LogP contribution in [0.4, 0.5) is 0 Å². The van der Waals surface area contributed by atoms with Crippen LogP contribution in [0.2, 0.25) is 0 Å². The van der Waals surface area contributed by atoms with Crippen LogP contribution in [0.25, 0.3) is 0 Å². The quantitative estimate of drug-likeness (QED) is 0.756. The van der Waals surface area contributed by atoms with Crippen LogP contribution >= 0.6 is 0 Å². The average Bonchev–Trinajstić information content (AvgIpc) is 2.30. The van der Waals surface area contributed by atoms with Crippen LogP contribution in [-0.4, -0.2) is 28.5 Å². The van der Waals surface area contributed by atoms with Crippen LogP contribution in [0.1, 0.15) is 30.6 Å². The van der Waals surface area contributed by atoms with Gasteiger partial charge in [0.1, 0.15) is 0 Å². The summed E-state index contributed by atoms with van der Waals surface area (Å²) >= 11 is 0. The number of carbonyl (C=O) groups excluding carboxylic acids is 1. The lowest BCUT2D eigenvalue weighted by atomic mass is 9.91. The summed E-state index contributed by atoms with van der Waals surface area (Å²) in [5.41, 5.74) is 0.505. The molecule has 98 valence electrons. The lowest BCUT2D eigenvalue weighted by molar-refractivity contribution is 0.0622. The molecule has 4 heteroatoms. The van der Waals surface area contributed by atoms with E-state index in [1.54, 1.807) is 19.3 Å². The lowest BCUT2D eigenvalue weighted by Gasteiger charge is -2.35. The van der Waals surface area contributed by atoms with E-state index >= 15 is 0 Å². The molecule has 1 aromatic rings. The van der Waals surface area contributed by atoms with Crippen molar-refractivity contribution in [1.29, 1.82) is 0 Å². The third kappa shape index (κ3) is 2.63. The van der Waals surface area contributed by atoms with Gasteiger partial charge in [-0.2, -0.15) is 0 Å². The first kappa shape index (κ1) is 12.9. The van der Waals surface area contributed by atoms with Gasteiger partial charge in [0.2, 0.25) is 5.56 Å². The molecule has 1 fully saturated rings. The van der Waals surface area contributed by atoms with E-state index < -0.39 is 0 Å². The Morgan fingerprint density at radius 3 is 2.39 bits per heavy atom. The molecule has 18 heavy (non-hydrogen) atoms. The zero-order valence-electron chi connectivity index (χ0n) is 11.2. The topological polar surface area (TPSA) is 42.3 Å². The Labute approximate surface area is 107 Å². The second-order valence-electron chi connectivity index (χ2n) is 5.52. The molecule has 0 aliphatic carbocycles. The maximum Gasteiger partial charge on any atom is 0.255 e. The average molecular weight is 248 g/mol. The predicted molar refractivity (Wildman–Crippen MR) is 70.5 cm³/mol. The zero-order valence-corrected chi connectivity index (χ0v) is 11.2. The number of aryl methyl sites for hydroxylation is 1. The second kappa shape index (κ2) is 4.96. The summed E-state index contributed by atoms with van der Waals surface area (Å²) in [5.74, 6) is 1.12. The summed E-state index contributed by atoms with van der Waals surface area (Å²) in [5, 5.41) is 0. The highest BCUT2D eigenvalue weighted by atomic mass is 16.2. The fourth-order valence-corrected chi connectivity index (χ4v) is 2.73. The molecule has 1 aliphatic heterocycles. The van der Waals surface area contributed by atoms with Crippen LogP contribution in [0.3, 0.4) is 0 Å². The Balaban J connectivity index is 2.20. The third-order valence-electron chi connectivity index (χ3n) is 3.49. The Kier molecular flexibility index (Phi) is 3.55. The zero-order chi connectivity index (χ0) is 13.3. The first-order valence-corrected chi connectivity index (χ1v) is 6.43. The molecule has 4 nitrogen and oxygen atoms in total. The van der Waals surface area contributed by atoms with Crippen LogP contribution < -0.4 is 5.56 Å². The van der Waals surface area contributed by atoms with Crippen molar-refractivity contribution in [3.63, 3.8) is 0 Å². The fraction of sp³-hybridized carbons (Fsp3) is 0.571. The number of pyridine rings is 1. The van der Waals surface area contributed by atoms with Crippen molar-refractivity contribution in [2.24, 2.45) is 18.9 Å². The smallest absolute Gasteiger partial charge is 0.255 e. The van der Waals surface area contributed by atoms with Crippen LogP contribution in [0.5, 0.6) is 0 Å². The van der Waals surface area contributed by atoms with Gasteiger partial charge in [-0.1, -0.05) is 13.8 Å².